The molecule has 4 rings (SSSR count). The third-order valence-corrected chi connectivity index (χ3v) is 5.46. The van der Waals surface area contributed by atoms with Crippen LogP contribution in [-0.4, -0.2) is 43.5 Å². The number of aromatic amines is 1. The number of nitrogens with one attached hydrogen (secondary N) is 1. The lowest BCUT2D eigenvalue weighted by molar-refractivity contribution is 0.0785. The zero-order valence-electron chi connectivity index (χ0n) is 14.2. The molecule has 0 radical (unpaired) electrons. The summed E-state index contributed by atoms with van der Waals surface area (Å²) in [6, 6.07) is 1.59. The van der Waals surface area contributed by atoms with Crippen molar-refractivity contribution in [3.63, 3.8) is 0 Å². The Morgan fingerprint density at radius 3 is 3.04 bits per heavy atom. The first-order valence-electron chi connectivity index (χ1n) is 8.37. The Labute approximate surface area is 148 Å². The topological polar surface area (TPSA) is 83.4 Å². The van der Waals surface area contributed by atoms with Crippen LogP contribution in [0.2, 0.25) is 0 Å². The predicted molar refractivity (Wildman–Crippen MR) is 95.3 cm³/mol. The van der Waals surface area contributed by atoms with E-state index in [2.05, 4.69) is 10.1 Å². The molecule has 1 saturated heterocycles. The van der Waals surface area contributed by atoms with Gasteiger partial charge in [-0.2, -0.15) is 0 Å². The van der Waals surface area contributed by atoms with Gasteiger partial charge in [-0.3, -0.25) is 14.7 Å². The fourth-order valence-corrected chi connectivity index (χ4v) is 3.96. The zero-order valence-corrected chi connectivity index (χ0v) is 15.0. The number of H-pyrrole nitrogens is 1. The SMILES string of the molecule is CCc1[nH]n2c(=O)cc(C3CCN(C(=O)c4cscn4)C3)nc2c1C. The van der Waals surface area contributed by atoms with Gasteiger partial charge in [0, 0.05) is 41.7 Å². The molecule has 4 heterocycles. The highest BCUT2D eigenvalue weighted by Gasteiger charge is 2.30. The van der Waals surface area contributed by atoms with Crippen molar-refractivity contribution in [1.82, 2.24) is 24.5 Å². The van der Waals surface area contributed by atoms with Crippen molar-refractivity contribution < 1.29 is 4.79 Å². The first-order chi connectivity index (χ1) is 12.1. The van der Waals surface area contributed by atoms with E-state index >= 15 is 0 Å². The molecule has 0 aliphatic carbocycles. The smallest absolute Gasteiger partial charge is 0.273 e. The molecule has 1 fully saturated rings. The van der Waals surface area contributed by atoms with Crippen LogP contribution in [0.25, 0.3) is 5.65 Å². The molecule has 1 aliphatic rings. The van der Waals surface area contributed by atoms with Crippen molar-refractivity contribution >= 4 is 22.9 Å². The lowest BCUT2D eigenvalue weighted by Gasteiger charge is -2.15. The minimum absolute atomic E-state index is 0.0485. The number of rotatable bonds is 3. The van der Waals surface area contributed by atoms with Crippen LogP contribution in [0.5, 0.6) is 0 Å². The van der Waals surface area contributed by atoms with Crippen molar-refractivity contribution in [3.05, 3.63) is 50.0 Å². The van der Waals surface area contributed by atoms with E-state index in [1.807, 2.05) is 13.8 Å². The van der Waals surface area contributed by atoms with Gasteiger partial charge in [-0.15, -0.1) is 11.3 Å². The minimum Gasteiger partial charge on any atom is -0.337 e. The number of thiazole rings is 1. The number of hydrogen-bond donors (Lipinski definition) is 1. The number of aryl methyl sites for hydroxylation is 2. The highest BCUT2D eigenvalue weighted by atomic mass is 32.1. The molecule has 3 aromatic rings. The van der Waals surface area contributed by atoms with E-state index in [1.54, 1.807) is 21.9 Å². The Hall–Kier alpha value is -2.48. The van der Waals surface area contributed by atoms with E-state index in [0.717, 1.165) is 29.8 Å². The number of nitrogens with zero attached hydrogens (tertiary/aromatic N) is 4. The highest BCUT2D eigenvalue weighted by molar-refractivity contribution is 7.07. The van der Waals surface area contributed by atoms with E-state index < -0.39 is 0 Å². The summed E-state index contributed by atoms with van der Waals surface area (Å²) in [7, 11) is 0. The monoisotopic (exact) mass is 357 g/mol. The van der Waals surface area contributed by atoms with Gasteiger partial charge < -0.3 is 4.90 Å². The summed E-state index contributed by atoms with van der Waals surface area (Å²) in [5.74, 6) is 0.0345. The van der Waals surface area contributed by atoms with Gasteiger partial charge in [-0.25, -0.2) is 14.5 Å². The maximum atomic E-state index is 12.4. The fourth-order valence-electron chi connectivity index (χ4n) is 3.43. The zero-order chi connectivity index (χ0) is 17.6. The molecule has 0 aromatic carbocycles. The van der Waals surface area contributed by atoms with Crippen LogP contribution in [0.15, 0.2) is 21.8 Å². The first-order valence-corrected chi connectivity index (χ1v) is 9.31. The molecular formula is C17H19N5O2S. The van der Waals surface area contributed by atoms with Crippen LogP contribution < -0.4 is 5.56 Å². The van der Waals surface area contributed by atoms with Gasteiger partial charge in [-0.05, 0) is 19.8 Å². The molecule has 0 saturated carbocycles. The maximum absolute atomic E-state index is 12.4. The van der Waals surface area contributed by atoms with Gasteiger partial charge in [0.2, 0.25) is 0 Å². The van der Waals surface area contributed by atoms with E-state index in [9.17, 15) is 9.59 Å². The second-order valence-corrected chi connectivity index (χ2v) is 7.08. The highest BCUT2D eigenvalue weighted by Crippen LogP contribution is 2.27. The number of amides is 1. The molecular weight excluding hydrogens is 338 g/mol. The molecule has 1 atom stereocenters. The number of fused-ring (bicyclic) bond motifs is 1. The lowest BCUT2D eigenvalue weighted by atomic mass is 10.0. The van der Waals surface area contributed by atoms with E-state index in [-0.39, 0.29) is 17.4 Å². The van der Waals surface area contributed by atoms with Crippen molar-refractivity contribution in [1.29, 1.82) is 0 Å². The van der Waals surface area contributed by atoms with Crippen LogP contribution in [-0.2, 0) is 6.42 Å². The molecule has 25 heavy (non-hydrogen) atoms. The molecule has 0 bridgehead atoms. The molecule has 3 aromatic heterocycles. The van der Waals surface area contributed by atoms with Crippen LogP contribution in [0.1, 0.15) is 46.7 Å². The Kier molecular flexibility index (Phi) is 3.91. The van der Waals surface area contributed by atoms with Gasteiger partial charge in [0.1, 0.15) is 5.69 Å². The van der Waals surface area contributed by atoms with Crippen LogP contribution in [0.4, 0.5) is 0 Å². The van der Waals surface area contributed by atoms with Gasteiger partial charge in [0.15, 0.2) is 5.65 Å². The standard InChI is InChI=1S/C17H19N5O2S/c1-3-12-10(2)16-19-13(6-15(23)22(16)20-12)11-4-5-21(7-11)17(24)14-8-25-9-18-14/h6,8-9,11,20H,3-5,7H2,1-2H3. The van der Waals surface area contributed by atoms with Crippen LogP contribution in [0, 0.1) is 6.92 Å². The molecule has 0 spiro atoms. The molecule has 1 N–H and O–H groups in total. The second-order valence-electron chi connectivity index (χ2n) is 6.36. The third-order valence-electron chi connectivity index (χ3n) is 4.87. The fraction of sp³-hybridized carbons (Fsp3) is 0.412. The summed E-state index contributed by atoms with van der Waals surface area (Å²) < 4.78 is 1.50. The van der Waals surface area contributed by atoms with Crippen molar-refractivity contribution in [2.45, 2.75) is 32.6 Å². The van der Waals surface area contributed by atoms with Crippen molar-refractivity contribution in [3.8, 4) is 0 Å². The quantitative estimate of drug-likeness (QED) is 0.777. The van der Waals surface area contributed by atoms with Crippen LogP contribution in [0.3, 0.4) is 0 Å². The average Bonchev–Trinajstić information content (AvgIpc) is 3.35. The summed E-state index contributed by atoms with van der Waals surface area (Å²) in [6.45, 7) is 5.26. The van der Waals surface area contributed by atoms with E-state index in [4.69, 9.17) is 4.98 Å². The predicted octanol–water partition coefficient (Wildman–Crippen LogP) is 1.98. The van der Waals surface area contributed by atoms with Gasteiger partial charge in [0.05, 0.1) is 11.2 Å². The largest absolute Gasteiger partial charge is 0.337 e. The Balaban J connectivity index is 1.63. The lowest BCUT2D eigenvalue weighted by Crippen LogP contribution is -2.29. The minimum atomic E-state index is -0.105. The molecule has 1 aliphatic heterocycles. The number of hydrogen-bond acceptors (Lipinski definition) is 5. The summed E-state index contributed by atoms with van der Waals surface area (Å²) in [5.41, 5.74) is 5.53. The Morgan fingerprint density at radius 1 is 1.48 bits per heavy atom. The maximum Gasteiger partial charge on any atom is 0.273 e. The van der Waals surface area contributed by atoms with Crippen molar-refractivity contribution in [2.24, 2.45) is 0 Å². The third kappa shape index (κ3) is 2.66. The summed E-state index contributed by atoms with van der Waals surface area (Å²) in [6.07, 6.45) is 1.63. The number of aromatic nitrogens is 4. The second kappa shape index (κ2) is 6.11. The van der Waals surface area contributed by atoms with Crippen molar-refractivity contribution in [2.75, 3.05) is 13.1 Å². The Bertz CT molecular complexity index is 989. The summed E-state index contributed by atoms with van der Waals surface area (Å²) >= 11 is 1.41. The molecule has 7 nitrogen and oxygen atoms in total. The molecule has 1 amide bonds. The summed E-state index contributed by atoms with van der Waals surface area (Å²) in [5, 5.41) is 4.88. The normalized spacial score (nSPS) is 17.5. The molecule has 130 valence electrons. The van der Waals surface area contributed by atoms with Gasteiger partial charge >= 0.3 is 0 Å². The number of carbonyl (C=O) groups is 1. The average molecular weight is 357 g/mol. The van der Waals surface area contributed by atoms with E-state index in [1.165, 1.54) is 15.9 Å². The number of likely N-dealkylation sites (tertiary alicyclic amines) is 1. The number of carbonyl (C=O) groups excluding carboxylic acids is 1. The molecule has 1 unspecified atom stereocenters. The Morgan fingerprint density at radius 2 is 2.32 bits per heavy atom. The summed E-state index contributed by atoms with van der Waals surface area (Å²) in [4.78, 5) is 35.5. The van der Waals surface area contributed by atoms with Crippen LogP contribution >= 0.6 is 11.3 Å². The van der Waals surface area contributed by atoms with E-state index in [0.29, 0.717) is 24.4 Å². The van der Waals surface area contributed by atoms with Gasteiger partial charge in [0.25, 0.3) is 11.5 Å². The first kappa shape index (κ1) is 16.0. The van der Waals surface area contributed by atoms with Gasteiger partial charge in [-0.1, -0.05) is 6.92 Å². The molecule has 8 heteroatoms.